The average molecular weight is 391 g/mol. The van der Waals surface area contributed by atoms with Gasteiger partial charge in [0.2, 0.25) is 0 Å². The van der Waals surface area contributed by atoms with Crippen LogP contribution in [0.3, 0.4) is 0 Å². The lowest BCUT2D eigenvalue weighted by Crippen LogP contribution is -2.45. The van der Waals surface area contributed by atoms with Gasteiger partial charge in [-0.15, -0.1) is 0 Å². The molecule has 3 rings (SSSR count). The van der Waals surface area contributed by atoms with Crippen molar-refractivity contribution in [3.05, 3.63) is 53.7 Å². The highest BCUT2D eigenvalue weighted by atomic mass is 19.1. The van der Waals surface area contributed by atoms with E-state index in [1.54, 1.807) is 6.20 Å². The van der Waals surface area contributed by atoms with Gasteiger partial charge in [0.05, 0.1) is 12.2 Å². The second-order valence-corrected chi connectivity index (χ2v) is 6.83. The number of hydrogen-bond donors (Lipinski definition) is 1. The molecule has 28 heavy (non-hydrogen) atoms. The number of morpholine rings is 1. The Morgan fingerprint density at radius 2 is 2.00 bits per heavy atom. The molecule has 150 valence electrons. The fraction of sp³-hybridized carbons (Fsp3) is 0.400. The van der Waals surface area contributed by atoms with Gasteiger partial charge in [0.15, 0.2) is 18.2 Å². The van der Waals surface area contributed by atoms with E-state index in [1.165, 1.54) is 0 Å². The molecule has 1 fully saturated rings. The third-order valence-corrected chi connectivity index (χ3v) is 4.30. The number of nitrogens with one attached hydrogen (secondary N) is 1. The molecule has 2 atom stereocenters. The van der Waals surface area contributed by atoms with Gasteiger partial charge >= 0.3 is 0 Å². The monoisotopic (exact) mass is 391 g/mol. The number of anilines is 1. The van der Waals surface area contributed by atoms with Crippen LogP contribution in [-0.4, -0.2) is 42.8 Å². The lowest BCUT2D eigenvalue weighted by atomic mass is 10.2. The van der Waals surface area contributed by atoms with Crippen LogP contribution >= 0.6 is 0 Å². The number of aromatic nitrogens is 1. The van der Waals surface area contributed by atoms with E-state index in [0.29, 0.717) is 6.07 Å². The smallest absolute Gasteiger partial charge is 0.258 e. The van der Waals surface area contributed by atoms with Crippen molar-refractivity contribution >= 4 is 11.7 Å². The molecule has 0 radical (unpaired) electrons. The van der Waals surface area contributed by atoms with Crippen LogP contribution in [0.15, 0.2) is 36.5 Å². The molecule has 2 aromatic rings. The Balaban J connectivity index is 1.47. The second kappa shape index (κ2) is 8.97. The van der Waals surface area contributed by atoms with Crippen molar-refractivity contribution in [1.29, 1.82) is 0 Å². The maximum absolute atomic E-state index is 13.5. The number of pyridine rings is 1. The van der Waals surface area contributed by atoms with Gasteiger partial charge in [-0.3, -0.25) is 4.79 Å². The Bertz CT molecular complexity index is 807. The molecule has 6 nitrogen and oxygen atoms in total. The number of hydrogen-bond acceptors (Lipinski definition) is 5. The molecule has 1 aliphatic rings. The quantitative estimate of drug-likeness (QED) is 0.820. The zero-order valence-corrected chi connectivity index (χ0v) is 15.8. The molecule has 1 aromatic heterocycles. The van der Waals surface area contributed by atoms with Crippen molar-refractivity contribution < 1.29 is 23.0 Å². The first-order valence-electron chi connectivity index (χ1n) is 9.10. The SMILES string of the molecule is CC1CN(c2ccc(CNC(=O)COc3ccc(F)cc3F)cn2)CC(C)O1. The summed E-state index contributed by atoms with van der Waals surface area (Å²) < 4.78 is 37.1. The van der Waals surface area contributed by atoms with Crippen LogP contribution in [0.25, 0.3) is 0 Å². The highest BCUT2D eigenvalue weighted by Crippen LogP contribution is 2.19. The molecule has 2 unspecified atom stereocenters. The van der Waals surface area contributed by atoms with Gasteiger partial charge in [0, 0.05) is 31.9 Å². The summed E-state index contributed by atoms with van der Waals surface area (Å²) in [7, 11) is 0. The lowest BCUT2D eigenvalue weighted by molar-refractivity contribution is -0.123. The zero-order valence-electron chi connectivity index (χ0n) is 15.8. The maximum Gasteiger partial charge on any atom is 0.258 e. The summed E-state index contributed by atoms with van der Waals surface area (Å²) in [5.74, 6) is -1.27. The summed E-state index contributed by atoms with van der Waals surface area (Å²) in [5.41, 5.74) is 0.833. The van der Waals surface area contributed by atoms with Gasteiger partial charge in [-0.2, -0.15) is 0 Å². The Morgan fingerprint density at radius 1 is 1.25 bits per heavy atom. The summed E-state index contributed by atoms with van der Waals surface area (Å²) >= 11 is 0. The molecule has 0 aliphatic carbocycles. The van der Waals surface area contributed by atoms with Gasteiger partial charge in [-0.05, 0) is 37.6 Å². The Morgan fingerprint density at radius 3 is 2.64 bits per heavy atom. The predicted octanol–water partition coefficient (Wildman–Crippen LogP) is 2.67. The number of amides is 1. The van der Waals surface area contributed by atoms with Crippen LogP contribution in [0.4, 0.5) is 14.6 Å². The van der Waals surface area contributed by atoms with Gasteiger partial charge < -0.3 is 19.7 Å². The molecule has 0 saturated carbocycles. The molecule has 8 heteroatoms. The zero-order chi connectivity index (χ0) is 20.1. The number of benzene rings is 1. The Hall–Kier alpha value is -2.74. The van der Waals surface area contributed by atoms with Crippen LogP contribution < -0.4 is 15.0 Å². The summed E-state index contributed by atoms with van der Waals surface area (Å²) in [4.78, 5) is 18.5. The number of halogens is 2. The largest absolute Gasteiger partial charge is 0.481 e. The van der Waals surface area contributed by atoms with E-state index >= 15 is 0 Å². The maximum atomic E-state index is 13.5. The summed E-state index contributed by atoms with van der Waals surface area (Å²) in [6.07, 6.45) is 2.01. The fourth-order valence-electron chi connectivity index (χ4n) is 3.06. The highest BCUT2D eigenvalue weighted by molar-refractivity contribution is 5.77. The molecular weight excluding hydrogens is 368 g/mol. The first kappa shape index (κ1) is 20.0. The van der Waals surface area contributed by atoms with E-state index in [1.807, 2.05) is 26.0 Å². The standard InChI is InChI=1S/C20H23F2N3O3/c1-13-10-25(11-14(2)28-13)19-6-3-15(8-23-19)9-24-20(26)12-27-18-5-4-16(21)7-17(18)22/h3-8,13-14H,9-12H2,1-2H3,(H,24,26). The van der Waals surface area contributed by atoms with Crippen LogP contribution in [0.5, 0.6) is 5.75 Å². The third-order valence-electron chi connectivity index (χ3n) is 4.30. The summed E-state index contributed by atoms with van der Waals surface area (Å²) in [5, 5.41) is 2.68. The second-order valence-electron chi connectivity index (χ2n) is 6.83. The number of carbonyl (C=O) groups excluding carboxylic acids is 1. The Labute approximate surface area is 162 Å². The van der Waals surface area contributed by atoms with Crippen LogP contribution in [-0.2, 0) is 16.1 Å². The van der Waals surface area contributed by atoms with Gasteiger partial charge in [-0.1, -0.05) is 6.07 Å². The van der Waals surface area contributed by atoms with Crippen molar-refractivity contribution in [1.82, 2.24) is 10.3 Å². The number of carbonyl (C=O) groups is 1. The normalized spacial score (nSPS) is 19.4. The molecule has 1 saturated heterocycles. The predicted molar refractivity (Wildman–Crippen MR) is 100 cm³/mol. The Kier molecular flexibility index (Phi) is 6.41. The number of ether oxygens (including phenoxy) is 2. The van der Waals surface area contributed by atoms with Gasteiger partial charge in [0.1, 0.15) is 11.6 Å². The van der Waals surface area contributed by atoms with E-state index < -0.39 is 17.5 Å². The van der Waals surface area contributed by atoms with Crippen molar-refractivity contribution in [2.75, 3.05) is 24.6 Å². The molecule has 1 aromatic carbocycles. The molecule has 0 spiro atoms. The van der Waals surface area contributed by atoms with Crippen LogP contribution in [0.1, 0.15) is 19.4 Å². The average Bonchev–Trinajstić information content (AvgIpc) is 2.65. The molecule has 1 amide bonds. The summed E-state index contributed by atoms with van der Waals surface area (Å²) in [6, 6.07) is 6.73. The van der Waals surface area contributed by atoms with Crippen LogP contribution in [0.2, 0.25) is 0 Å². The van der Waals surface area contributed by atoms with Crippen LogP contribution in [0, 0.1) is 11.6 Å². The topological polar surface area (TPSA) is 63.7 Å². The van der Waals surface area contributed by atoms with E-state index in [4.69, 9.17) is 9.47 Å². The van der Waals surface area contributed by atoms with E-state index in [2.05, 4.69) is 15.2 Å². The van der Waals surface area contributed by atoms with Gasteiger partial charge in [-0.25, -0.2) is 13.8 Å². The minimum absolute atomic E-state index is 0.149. The van der Waals surface area contributed by atoms with E-state index in [-0.39, 0.29) is 31.1 Å². The van der Waals surface area contributed by atoms with E-state index in [9.17, 15) is 13.6 Å². The lowest BCUT2D eigenvalue weighted by Gasteiger charge is -2.36. The molecule has 0 bridgehead atoms. The third kappa shape index (κ3) is 5.39. The highest BCUT2D eigenvalue weighted by Gasteiger charge is 2.22. The minimum atomic E-state index is -0.848. The number of rotatable bonds is 6. The minimum Gasteiger partial charge on any atom is -0.481 e. The van der Waals surface area contributed by atoms with Crippen molar-refractivity contribution in [3.63, 3.8) is 0 Å². The van der Waals surface area contributed by atoms with Crippen molar-refractivity contribution in [3.8, 4) is 5.75 Å². The fourth-order valence-corrected chi connectivity index (χ4v) is 3.06. The first-order valence-corrected chi connectivity index (χ1v) is 9.10. The van der Waals surface area contributed by atoms with Gasteiger partial charge in [0.25, 0.3) is 5.91 Å². The summed E-state index contributed by atoms with van der Waals surface area (Å²) in [6.45, 7) is 5.54. The van der Waals surface area contributed by atoms with Crippen molar-refractivity contribution in [2.24, 2.45) is 0 Å². The first-order chi connectivity index (χ1) is 13.4. The molecule has 2 heterocycles. The molecule has 1 N–H and O–H groups in total. The number of nitrogens with zero attached hydrogens (tertiary/aromatic N) is 2. The molecule has 1 aliphatic heterocycles. The van der Waals surface area contributed by atoms with Crippen molar-refractivity contribution in [2.45, 2.75) is 32.6 Å². The van der Waals surface area contributed by atoms with E-state index in [0.717, 1.165) is 36.6 Å². The molecular formula is C20H23F2N3O3.